The van der Waals surface area contributed by atoms with Crippen LogP contribution in [0.25, 0.3) is 0 Å². The van der Waals surface area contributed by atoms with Crippen molar-refractivity contribution in [3.63, 3.8) is 0 Å². The monoisotopic (exact) mass is 290 g/mol. The number of hydrazine groups is 2. The predicted octanol–water partition coefficient (Wildman–Crippen LogP) is -1.07. The Morgan fingerprint density at radius 2 is 2.00 bits per heavy atom. The summed E-state index contributed by atoms with van der Waals surface area (Å²) in [5, 5.41) is 9.81. The van der Waals surface area contributed by atoms with Crippen LogP contribution in [0.1, 0.15) is 39.0 Å². The average molecular weight is 290 g/mol. The van der Waals surface area contributed by atoms with Gasteiger partial charge in [0.15, 0.2) is 0 Å². The molecule has 2 amide bonds. The topological polar surface area (TPSA) is 140 Å². The Balaban J connectivity index is 4.13. The number of nitrogens with one attached hydrogen (secondary N) is 2. The van der Waals surface area contributed by atoms with E-state index in [1.165, 1.54) is 0 Å². The largest absolute Gasteiger partial charge is 0.391 e. The zero-order chi connectivity index (χ0) is 15.4. The molecule has 8 heteroatoms. The summed E-state index contributed by atoms with van der Waals surface area (Å²) >= 11 is 0. The van der Waals surface area contributed by atoms with Crippen LogP contribution in [0.2, 0.25) is 0 Å². The second kappa shape index (κ2) is 11.6. The first kappa shape index (κ1) is 18.8. The van der Waals surface area contributed by atoms with Gasteiger partial charge in [0, 0.05) is 18.9 Å². The van der Waals surface area contributed by atoms with Crippen molar-refractivity contribution in [2.24, 2.45) is 17.6 Å². The number of rotatable bonds is 11. The number of nitrogens with two attached hydrogens (primary N) is 2. The lowest BCUT2D eigenvalue weighted by atomic mass is 9.95. The zero-order valence-electron chi connectivity index (χ0n) is 11.9. The third kappa shape index (κ3) is 8.81. The summed E-state index contributed by atoms with van der Waals surface area (Å²) < 4.78 is 5.28. The van der Waals surface area contributed by atoms with E-state index >= 15 is 0 Å². The van der Waals surface area contributed by atoms with Gasteiger partial charge in [-0.3, -0.25) is 20.4 Å². The Kier molecular flexibility index (Phi) is 10.9. The van der Waals surface area contributed by atoms with Gasteiger partial charge in [-0.15, -0.1) is 0 Å². The number of aliphatic hydroxyl groups is 1. The molecule has 0 aliphatic heterocycles. The molecule has 0 aliphatic rings. The van der Waals surface area contributed by atoms with Crippen LogP contribution in [0, 0.1) is 5.92 Å². The Morgan fingerprint density at radius 1 is 1.30 bits per heavy atom. The Hall–Kier alpha value is -1.22. The highest BCUT2D eigenvalue weighted by Gasteiger charge is 2.22. The van der Waals surface area contributed by atoms with Crippen molar-refractivity contribution >= 4 is 11.8 Å². The third-order valence-corrected chi connectivity index (χ3v) is 2.90. The minimum absolute atomic E-state index is 0.0952. The van der Waals surface area contributed by atoms with Gasteiger partial charge in [0.05, 0.1) is 12.7 Å². The molecule has 0 heterocycles. The van der Waals surface area contributed by atoms with E-state index in [-0.39, 0.29) is 31.8 Å². The number of hydrogen-bond acceptors (Lipinski definition) is 6. The van der Waals surface area contributed by atoms with Crippen LogP contribution in [0.15, 0.2) is 0 Å². The smallest absolute Gasteiger partial charge is 0.237 e. The maximum Gasteiger partial charge on any atom is 0.237 e. The van der Waals surface area contributed by atoms with Gasteiger partial charge in [-0.1, -0.05) is 13.3 Å². The Morgan fingerprint density at radius 3 is 2.55 bits per heavy atom. The maximum atomic E-state index is 11.6. The highest BCUT2D eigenvalue weighted by atomic mass is 16.5. The van der Waals surface area contributed by atoms with Gasteiger partial charge in [-0.25, -0.2) is 11.7 Å². The molecular weight excluding hydrogens is 264 g/mol. The lowest BCUT2D eigenvalue weighted by Gasteiger charge is -2.18. The summed E-state index contributed by atoms with van der Waals surface area (Å²) in [4.78, 5) is 22.6. The summed E-state index contributed by atoms with van der Waals surface area (Å²) in [5.41, 5.74) is 4.02. The highest BCUT2D eigenvalue weighted by molar-refractivity contribution is 5.80. The zero-order valence-corrected chi connectivity index (χ0v) is 11.9. The molecule has 0 aromatic heterocycles. The molecule has 7 N–H and O–H groups in total. The molecule has 0 radical (unpaired) electrons. The second-order valence-corrected chi connectivity index (χ2v) is 4.63. The lowest BCUT2D eigenvalue weighted by molar-refractivity contribution is -0.127. The number of carbonyl (C=O) groups is 2. The molecule has 0 rings (SSSR count). The van der Waals surface area contributed by atoms with Crippen molar-refractivity contribution in [3.05, 3.63) is 0 Å². The van der Waals surface area contributed by atoms with Gasteiger partial charge in [0.25, 0.3) is 0 Å². The van der Waals surface area contributed by atoms with Crippen LogP contribution in [0.5, 0.6) is 0 Å². The number of ether oxygens (including phenoxy) is 1. The molecule has 2 atom stereocenters. The van der Waals surface area contributed by atoms with Crippen molar-refractivity contribution in [2.45, 2.75) is 45.1 Å². The molecule has 0 saturated heterocycles. The fourth-order valence-corrected chi connectivity index (χ4v) is 1.71. The minimum Gasteiger partial charge on any atom is -0.391 e. The normalized spacial score (nSPS) is 13.6. The van der Waals surface area contributed by atoms with E-state index in [4.69, 9.17) is 16.4 Å². The quantitative estimate of drug-likeness (QED) is 0.142. The number of carbonyl (C=O) groups excluding carboxylic acids is 2. The van der Waals surface area contributed by atoms with Gasteiger partial charge < -0.3 is 9.84 Å². The molecule has 0 fully saturated rings. The second-order valence-electron chi connectivity index (χ2n) is 4.63. The van der Waals surface area contributed by atoms with Crippen molar-refractivity contribution in [2.75, 3.05) is 13.2 Å². The summed E-state index contributed by atoms with van der Waals surface area (Å²) in [6, 6.07) is 0. The molecule has 8 nitrogen and oxygen atoms in total. The fourth-order valence-electron chi connectivity index (χ4n) is 1.71. The molecule has 0 aliphatic carbocycles. The fraction of sp³-hybridized carbons (Fsp3) is 0.833. The summed E-state index contributed by atoms with van der Waals surface area (Å²) in [6.45, 7) is 2.79. The minimum atomic E-state index is -0.768. The maximum absolute atomic E-state index is 11.6. The van der Waals surface area contributed by atoms with E-state index < -0.39 is 17.9 Å². The first-order valence-corrected chi connectivity index (χ1v) is 6.80. The number of aliphatic hydroxyl groups excluding tert-OH is 1. The first-order valence-electron chi connectivity index (χ1n) is 6.80. The molecule has 0 spiro atoms. The van der Waals surface area contributed by atoms with E-state index in [9.17, 15) is 14.7 Å². The first-order chi connectivity index (χ1) is 9.54. The molecular formula is C12H26N4O4. The van der Waals surface area contributed by atoms with Crippen LogP contribution in [-0.2, 0) is 14.3 Å². The molecule has 118 valence electrons. The van der Waals surface area contributed by atoms with Gasteiger partial charge >= 0.3 is 0 Å². The molecule has 0 unspecified atom stereocenters. The van der Waals surface area contributed by atoms with E-state index in [2.05, 4.69) is 0 Å². The molecule has 0 saturated carbocycles. The van der Waals surface area contributed by atoms with Gasteiger partial charge in [-0.05, 0) is 19.3 Å². The number of amides is 2. The van der Waals surface area contributed by atoms with Crippen LogP contribution < -0.4 is 22.5 Å². The Bertz CT molecular complexity index is 289. The van der Waals surface area contributed by atoms with Crippen LogP contribution in [-0.4, -0.2) is 36.2 Å². The lowest BCUT2D eigenvalue weighted by Crippen LogP contribution is -2.39. The third-order valence-electron chi connectivity index (χ3n) is 2.90. The Labute approximate surface area is 119 Å². The summed E-state index contributed by atoms with van der Waals surface area (Å²) in [6.07, 6.45) is 1.72. The van der Waals surface area contributed by atoms with E-state index in [1.807, 2.05) is 17.8 Å². The standard InChI is InChI=1S/C12H26N4O4/c1-2-3-6-20-8-10(17)7-9(12(19)16-14)4-5-11(18)15-13/h9-10,17H,2-8,13-14H2,1H3,(H,15,18)(H,16,19)/t9-,10-/m1/s1. The van der Waals surface area contributed by atoms with E-state index in [0.29, 0.717) is 6.61 Å². The summed E-state index contributed by atoms with van der Waals surface area (Å²) in [7, 11) is 0. The van der Waals surface area contributed by atoms with Crippen LogP contribution >= 0.6 is 0 Å². The highest BCUT2D eigenvalue weighted by Crippen LogP contribution is 2.14. The molecule has 20 heavy (non-hydrogen) atoms. The average Bonchev–Trinajstić information content (AvgIpc) is 2.46. The van der Waals surface area contributed by atoms with Gasteiger partial charge in [-0.2, -0.15) is 0 Å². The van der Waals surface area contributed by atoms with Crippen molar-refractivity contribution in [1.29, 1.82) is 0 Å². The molecule has 0 aromatic carbocycles. The van der Waals surface area contributed by atoms with Crippen LogP contribution in [0.4, 0.5) is 0 Å². The SMILES string of the molecule is CCCCOC[C@H](O)C[C@@H](CCC(=O)NN)C(=O)NN. The van der Waals surface area contributed by atoms with Gasteiger partial charge in [0.1, 0.15) is 0 Å². The van der Waals surface area contributed by atoms with Crippen molar-refractivity contribution < 1.29 is 19.4 Å². The molecule has 0 bridgehead atoms. The molecule has 0 aromatic rings. The number of unbranched alkanes of at least 4 members (excludes halogenated alkanes) is 1. The summed E-state index contributed by atoms with van der Waals surface area (Å²) in [5.74, 6) is 8.72. The van der Waals surface area contributed by atoms with Crippen LogP contribution in [0.3, 0.4) is 0 Å². The van der Waals surface area contributed by atoms with Crippen molar-refractivity contribution in [3.8, 4) is 0 Å². The van der Waals surface area contributed by atoms with Crippen molar-refractivity contribution in [1.82, 2.24) is 10.9 Å². The van der Waals surface area contributed by atoms with E-state index in [1.54, 1.807) is 0 Å². The van der Waals surface area contributed by atoms with Gasteiger partial charge in [0.2, 0.25) is 11.8 Å². The number of hydrogen-bond donors (Lipinski definition) is 5. The predicted molar refractivity (Wildman–Crippen MR) is 73.7 cm³/mol. The van der Waals surface area contributed by atoms with E-state index in [0.717, 1.165) is 12.8 Å².